The van der Waals surface area contributed by atoms with Crippen molar-refractivity contribution in [3.05, 3.63) is 10.8 Å². The fourth-order valence-corrected chi connectivity index (χ4v) is 0.734. The minimum Gasteiger partial charge on any atom is -0.503 e. The molecule has 0 aromatic rings. The maximum Gasteiger partial charge on any atom is 0.206 e. The number of rotatable bonds is 0. The molecule has 0 saturated carbocycles. The topological polar surface area (TPSA) is 54.4 Å². The molecule has 0 spiro atoms. The molecule has 3 nitrogen and oxygen atoms in total. The molecule has 1 N–H and O–H groups in total. The molecule has 9 heavy (non-hydrogen) atoms. The number of ketones is 2. The molecule has 0 fully saturated rings. The van der Waals surface area contributed by atoms with Crippen LogP contribution >= 0.6 is 11.6 Å². The predicted molar refractivity (Wildman–Crippen MR) is 30.1 cm³/mol. The van der Waals surface area contributed by atoms with Crippen LogP contribution in [0, 0.1) is 0 Å². The molecule has 0 aromatic carbocycles. The minimum atomic E-state index is -0.596. The summed E-state index contributed by atoms with van der Waals surface area (Å²) in [5.74, 6) is -1.69. The van der Waals surface area contributed by atoms with Gasteiger partial charge in [0.15, 0.2) is 11.5 Å². The number of aliphatic hydroxyl groups excluding tert-OH is 1. The van der Waals surface area contributed by atoms with Crippen molar-refractivity contribution in [2.75, 3.05) is 0 Å². The molecule has 0 aromatic heterocycles. The number of carbonyl (C=O) groups excluding carboxylic acids is 2. The van der Waals surface area contributed by atoms with E-state index in [1.807, 2.05) is 0 Å². The third kappa shape index (κ3) is 0.833. The van der Waals surface area contributed by atoms with Crippen LogP contribution in [0.15, 0.2) is 10.8 Å². The zero-order chi connectivity index (χ0) is 7.02. The Hall–Kier alpha value is -0.830. The first-order chi connectivity index (χ1) is 4.13. The summed E-state index contributed by atoms with van der Waals surface area (Å²) in [6.07, 6.45) is -0.287. The van der Waals surface area contributed by atoms with E-state index in [-0.39, 0.29) is 11.5 Å². The quantitative estimate of drug-likeness (QED) is 0.508. The molecule has 4 heteroatoms. The highest BCUT2D eigenvalue weighted by Gasteiger charge is 2.28. The van der Waals surface area contributed by atoms with E-state index in [2.05, 4.69) is 0 Å². The summed E-state index contributed by atoms with van der Waals surface area (Å²) in [5.41, 5.74) is 0. The van der Waals surface area contributed by atoms with Crippen molar-refractivity contribution in [1.82, 2.24) is 0 Å². The molecule has 0 atom stereocenters. The van der Waals surface area contributed by atoms with Gasteiger partial charge < -0.3 is 5.11 Å². The number of halogens is 1. The normalized spacial score (nSPS) is 19.7. The minimum absolute atomic E-state index is 0.287. The second-order valence-corrected chi connectivity index (χ2v) is 2.06. The van der Waals surface area contributed by atoms with Crippen LogP contribution in [0.25, 0.3) is 0 Å². The maximum absolute atomic E-state index is 10.4. The summed E-state index contributed by atoms with van der Waals surface area (Å²) < 4.78 is 0. The number of carbonyl (C=O) groups is 2. The average Bonchev–Trinajstić information content (AvgIpc) is 1.98. The van der Waals surface area contributed by atoms with Gasteiger partial charge in [0.1, 0.15) is 5.03 Å². The molecule has 1 aliphatic rings. The molecule has 0 radical (unpaired) electrons. The van der Waals surface area contributed by atoms with Crippen LogP contribution in [0.5, 0.6) is 0 Å². The number of Topliss-reactive ketones (excluding diaryl/α,β-unsaturated/α-hetero) is 2. The van der Waals surface area contributed by atoms with Crippen LogP contribution in [0.2, 0.25) is 0 Å². The number of aliphatic hydroxyl groups is 1. The SMILES string of the molecule is O=C1CC(=O)C(Cl)=C1O. The summed E-state index contributed by atoms with van der Waals surface area (Å²) in [6.45, 7) is 0. The van der Waals surface area contributed by atoms with Crippen LogP contribution in [0.3, 0.4) is 0 Å². The molecule has 0 saturated heterocycles. The van der Waals surface area contributed by atoms with Gasteiger partial charge in [-0.2, -0.15) is 0 Å². The summed E-state index contributed by atoms with van der Waals surface area (Å²) >= 11 is 5.17. The summed E-state index contributed by atoms with van der Waals surface area (Å²) in [7, 11) is 0. The van der Waals surface area contributed by atoms with Gasteiger partial charge in [0, 0.05) is 0 Å². The first kappa shape index (κ1) is 6.29. The van der Waals surface area contributed by atoms with E-state index in [1.54, 1.807) is 0 Å². The Morgan fingerprint density at radius 1 is 1.33 bits per heavy atom. The van der Waals surface area contributed by atoms with E-state index in [9.17, 15) is 9.59 Å². The van der Waals surface area contributed by atoms with Gasteiger partial charge in [-0.3, -0.25) is 9.59 Å². The Morgan fingerprint density at radius 3 is 2.00 bits per heavy atom. The predicted octanol–water partition coefficient (Wildman–Crippen LogP) is 0.537. The monoisotopic (exact) mass is 146 g/mol. The Balaban J connectivity index is 3.06. The van der Waals surface area contributed by atoms with Crippen LogP contribution in [-0.4, -0.2) is 16.7 Å². The lowest BCUT2D eigenvalue weighted by Gasteiger charge is -1.82. The van der Waals surface area contributed by atoms with Gasteiger partial charge in [0.25, 0.3) is 0 Å². The third-order valence-electron chi connectivity index (χ3n) is 1.04. The van der Waals surface area contributed by atoms with Gasteiger partial charge in [0.05, 0.1) is 6.42 Å². The number of hydrogen-bond donors (Lipinski definition) is 1. The zero-order valence-electron chi connectivity index (χ0n) is 4.35. The lowest BCUT2D eigenvalue weighted by atomic mass is 10.3. The highest BCUT2D eigenvalue weighted by molar-refractivity contribution is 6.48. The maximum atomic E-state index is 10.4. The van der Waals surface area contributed by atoms with Crippen LogP contribution in [0.1, 0.15) is 6.42 Å². The molecule has 1 rings (SSSR count). The zero-order valence-corrected chi connectivity index (χ0v) is 5.10. The molecular formula is C5H3ClO3. The Kier molecular flexibility index (Phi) is 1.29. The second kappa shape index (κ2) is 1.84. The molecular weight excluding hydrogens is 144 g/mol. The van der Waals surface area contributed by atoms with E-state index in [1.165, 1.54) is 0 Å². The molecule has 0 heterocycles. The summed E-state index contributed by atoms with van der Waals surface area (Å²) in [5, 5.41) is 8.28. The van der Waals surface area contributed by atoms with Crippen molar-refractivity contribution in [3.63, 3.8) is 0 Å². The molecule has 0 amide bonds. The standard InChI is InChI=1S/C5H3ClO3/c6-4-2(7)1-3(8)5(4)9/h9H,1H2. The van der Waals surface area contributed by atoms with E-state index >= 15 is 0 Å². The third-order valence-corrected chi connectivity index (χ3v) is 1.43. The van der Waals surface area contributed by atoms with E-state index in [0.29, 0.717) is 0 Å². The van der Waals surface area contributed by atoms with Gasteiger partial charge in [0.2, 0.25) is 5.78 Å². The van der Waals surface area contributed by atoms with E-state index in [0.717, 1.165) is 0 Å². The first-order valence-corrected chi connectivity index (χ1v) is 2.66. The van der Waals surface area contributed by atoms with Crippen LogP contribution in [0.4, 0.5) is 0 Å². The van der Waals surface area contributed by atoms with Gasteiger partial charge in [-0.1, -0.05) is 11.6 Å². The van der Waals surface area contributed by atoms with Crippen molar-refractivity contribution < 1.29 is 14.7 Å². The van der Waals surface area contributed by atoms with Crippen molar-refractivity contribution in [2.45, 2.75) is 6.42 Å². The fourth-order valence-electron chi connectivity index (χ4n) is 0.562. The lowest BCUT2D eigenvalue weighted by molar-refractivity contribution is -0.121. The second-order valence-electron chi connectivity index (χ2n) is 1.69. The highest BCUT2D eigenvalue weighted by atomic mass is 35.5. The van der Waals surface area contributed by atoms with Crippen molar-refractivity contribution in [2.24, 2.45) is 0 Å². The highest BCUT2D eigenvalue weighted by Crippen LogP contribution is 2.19. The van der Waals surface area contributed by atoms with Gasteiger partial charge >= 0.3 is 0 Å². The molecule has 0 aliphatic heterocycles. The van der Waals surface area contributed by atoms with Crippen LogP contribution < -0.4 is 0 Å². The molecule has 0 unspecified atom stereocenters. The van der Waals surface area contributed by atoms with Crippen molar-refractivity contribution in [1.29, 1.82) is 0 Å². The molecule has 48 valence electrons. The van der Waals surface area contributed by atoms with Crippen LogP contribution in [-0.2, 0) is 9.59 Å². The van der Waals surface area contributed by atoms with Gasteiger partial charge in [-0.15, -0.1) is 0 Å². The smallest absolute Gasteiger partial charge is 0.206 e. The average molecular weight is 147 g/mol. The number of hydrogen-bond acceptors (Lipinski definition) is 3. The summed E-state index contributed by atoms with van der Waals surface area (Å²) in [4.78, 5) is 20.8. The van der Waals surface area contributed by atoms with Gasteiger partial charge in [-0.05, 0) is 0 Å². The lowest BCUT2D eigenvalue weighted by Crippen LogP contribution is -1.95. The molecule has 0 bridgehead atoms. The first-order valence-electron chi connectivity index (χ1n) is 2.28. The fraction of sp³-hybridized carbons (Fsp3) is 0.200. The molecule has 1 aliphatic carbocycles. The van der Waals surface area contributed by atoms with Gasteiger partial charge in [-0.25, -0.2) is 0 Å². The summed E-state index contributed by atoms with van der Waals surface area (Å²) in [6, 6.07) is 0. The van der Waals surface area contributed by atoms with E-state index in [4.69, 9.17) is 16.7 Å². The Morgan fingerprint density at radius 2 is 1.89 bits per heavy atom. The Labute approximate surface area is 55.9 Å². The number of allylic oxidation sites excluding steroid dienone is 2. The van der Waals surface area contributed by atoms with Crippen molar-refractivity contribution >= 4 is 23.2 Å². The van der Waals surface area contributed by atoms with E-state index < -0.39 is 17.3 Å². The largest absolute Gasteiger partial charge is 0.503 e. The van der Waals surface area contributed by atoms with Crippen molar-refractivity contribution in [3.8, 4) is 0 Å². The Bertz CT molecular complexity index is 194.